The first-order valence-electron chi connectivity index (χ1n) is 5.72. The van der Waals surface area contributed by atoms with Gasteiger partial charge in [0.25, 0.3) is 0 Å². The van der Waals surface area contributed by atoms with E-state index in [0.717, 1.165) is 25.7 Å². The van der Waals surface area contributed by atoms with Gasteiger partial charge in [-0.15, -0.1) is 0 Å². The molecule has 0 aromatic heterocycles. The van der Waals surface area contributed by atoms with Crippen LogP contribution in [0.1, 0.15) is 45.4 Å². The van der Waals surface area contributed by atoms with E-state index >= 15 is 0 Å². The van der Waals surface area contributed by atoms with E-state index in [9.17, 15) is 13.6 Å². The fourth-order valence-electron chi connectivity index (χ4n) is 4.40. The number of halogens is 2. The van der Waals surface area contributed by atoms with Crippen molar-refractivity contribution in [2.24, 2.45) is 16.7 Å². The Morgan fingerprint density at radius 2 is 1.60 bits per heavy atom. The van der Waals surface area contributed by atoms with Crippen molar-refractivity contribution in [2.75, 3.05) is 0 Å². The molecule has 3 aliphatic carbocycles. The second-order valence-corrected chi connectivity index (χ2v) is 6.28. The zero-order valence-electron chi connectivity index (χ0n) is 8.98. The molecule has 0 aromatic carbocycles. The summed E-state index contributed by atoms with van der Waals surface area (Å²) in [5.41, 5.74) is 0.276. The van der Waals surface area contributed by atoms with Gasteiger partial charge < -0.3 is 0 Å². The molecule has 0 heterocycles. The minimum absolute atomic E-state index is 0.0226. The molecule has 0 bridgehead atoms. The highest BCUT2D eigenvalue weighted by Crippen LogP contribution is 2.74. The van der Waals surface area contributed by atoms with Gasteiger partial charge in [0, 0.05) is 18.8 Å². The van der Waals surface area contributed by atoms with Gasteiger partial charge in [-0.3, -0.25) is 4.79 Å². The molecular weight excluding hydrogens is 198 g/mol. The second kappa shape index (κ2) is 2.44. The van der Waals surface area contributed by atoms with Crippen molar-refractivity contribution < 1.29 is 13.6 Å². The zero-order valence-corrected chi connectivity index (χ0v) is 8.98. The molecular formula is C12H16F2O. The van der Waals surface area contributed by atoms with Crippen LogP contribution in [0.15, 0.2) is 0 Å². The van der Waals surface area contributed by atoms with Gasteiger partial charge in [0.05, 0.1) is 0 Å². The van der Waals surface area contributed by atoms with Gasteiger partial charge in [0.15, 0.2) is 0 Å². The van der Waals surface area contributed by atoms with Crippen molar-refractivity contribution >= 4 is 5.78 Å². The van der Waals surface area contributed by atoms with Crippen LogP contribution in [0, 0.1) is 16.7 Å². The summed E-state index contributed by atoms with van der Waals surface area (Å²) in [5, 5.41) is 0. The number of Topliss-reactive ketones (excluding diaryl/α,β-unsaturated/α-hetero) is 1. The van der Waals surface area contributed by atoms with Crippen LogP contribution in [0.2, 0.25) is 0 Å². The standard InChI is InChI=1S/C12H16F2O/c1-8(15)9-2-10(3-9)4-11(5-10)6-12(13,14)7-11/h9H,2-7H2,1H3. The van der Waals surface area contributed by atoms with Gasteiger partial charge in [-0.05, 0) is 43.4 Å². The van der Waals surface area contributed by atoms with Crippen LogP contribution >= 0.6 is 0 Å². The van der Waals surface area contributed by atoms with Crippen LogP contribution in [-0.4, -0.2) is 11.7 Å². The largest absolute Gasteiger partial charge is 0.300 e. The second-order valence-electron chi connectivity index (χ2n) is 6.28. The lowest BCUT2D eigenvalue weighted by Gasteiger charge is -2.68. The van der Waals surface area contributed by atoms with Crippen LogP contribution in [0.5, 0.6) is 0 Å². The lowest BCUT2D eigenvalue weighted by Crippen LogP contribution is -2.62. The number of hydrogen-bond donors (Lipinski definition) is 0. The van der Waals surface area contributed by atoms with Gasteiger partial charge in [-0.1, -0.05) is 0 Å². The van der Waals surface area contributed by atoms with Crippen molar-refractivity contribution in [3.05, 3.63) is 0 Å². The zero-order chi connectivity index (χ0) is 10.9. The number of alkyl halides is 2. The summed E-state index contributed by atoms with van der Waals surface area (Å²) < 4.78 is 25.6. The Morgan fingerprint density at radius 1 is 1.07 bits per heavy atom. The van der Waals surface area contributed by atoms with E-state index in [1.54, 1.807) is 6.92 Å². The van der Waals surface area contributed by atoms with Gasteiger partial charge in [-0.2, -0.15) is 0 Å². The van der Waals surface area contributed by atoms with Crippen LogP contribution in [-0.2, 0) is 4.79 Å². The minimum Gasteiger partial charge on any atom is -0.300 e. The lowest BCUT2D eigenvalue weighted by atomic mass is 9.37. The van der Waals surface area contributed by atoms with Crippen molar-refractivity contribution in [1.82, 2.24) is 0 Å². The minimum atomic E-state index is -2.38. The first-order chi connectivity index (χ1) is 6.84. The Hall–Kier alpha value is -0.470. The molecule has 3 aliphatic rings. The van der Waals surface area contributed by atoms with Crippen LogP contribution in [0.25, 0.3) is 0 Å². The fraction of sp³-hybridized carbons (Fsp3) is 0.917. The third-order valence-electron chi connectivity index (χ3n) is 4.70. The molecule has 0 amide bonds. The summed E-state index contributed by atoms with van der Waals surface area (Å²) in [6.07, 6.45) is 4.06. The molecule has 0 aromatic rings. The van der Waals surface area contributed by atoms with Crippen molar-refractivity contribution in [1.29, 1.82) is 0 Å². The molecule has 0 atom stereocenters. The first kappa shape index (κ1) is 9.73. The van der Waals surface area contributed by atoms with Crippen LogP contribution < -0.4 is 0 Å². The van der Waals surface area contributed by atoms with E-state index in [1.165, 1.54) is 0 Å². The predicted octanol–water partition coefficient (Wildman–Crippen LogP) is 3.18. The van der Waals surface area contributed by atoms with E-state index in [1.807, 2.05) is 0 Å². The van der Waals surface area contributed by atoms with E-state index in [0.29, 0.717) is 5.41 Å². The summed E-state index contributed by atoms with van der Waals surface area (Å²) in [6.45, 7) is 1.64. The molecule has 0 unspecified atom stereocenters. The number of rotatable bonds is 1. The summed E-state index contributed by atoms with van der Waals surface area (Å²) in [5.74, 6) is -1.87. The quantitative estimate of drug-likeness (QED) is 0.655. The molecule has 1 nitrogen and oxygen atoms in total. The fourth-order valence-corrected chi connectivity index (χ4v) is 4.40. The van der Waals surface area contributed by atoms with Crippen molar-refractivity contribution in [2.45, 2.75) is 51.4 Å². The SMILES string of the molecule is CC(=O)C1CC2(C1)CC1(CC(F)(F)C1)C2. The van der Waals surface area contributed by atoms with Gasteiger partial charge >= 0.3 is 0 Å². The molecule has 15 heavy (non-hydrogen) atoms. The third kappa shape index (κ3) is 1.28. The maximum Gasteiger partial charge on any atom is 0.249 e. The highest BCUT2D eigenvalue weighted by molar-refractivity contribution is 5.79. The Bertz CT molecular complexity index is 311. The average molecular weight is 214 g/mol. The Balaban J connectivity index is 1.54. The molecule has 0 radical (unpaired) electrons. The molecule has 3 saturated carbocycles. The molecule has 3 rings (SSSR count). The summed E-state index contributed by atoms with van der Waals surface area (Å²) in [4.78, 5) is 11.1. The first-order valence-corrected chi connectivity index (χ1v) is 5.72. The highest BCUT2D eigenvalue weighted by atomic mass is 19.3. The van der Waals surface area contributed by atoms with Crippen molar-refractivity contribution in [3.8, 4) is 0 Å². The topological polar surface area (TPSA) is 17.1 Å². The van der Waals surface area contributed by atoms with E-state index in [2.05, 4.69) is 0 Å². The Kier molecular flexibility index (Phi) is 1.58. The number of hydrogen-bond acceptors (Lipinski definition) is 1. The molecule has 0 saturated heterocycles. The van der Waals surface area contributed by atoms with Crippen molar-refractivity contribution in [3.63, 3.8) is 0 Å². The highest BCUT2D eigenvalue weighted by Gasteiger charge is 2.69. The average Bonchev–Trinajstić information content (AvgIpc) is 1.88. The molecule has 3 fully saturated rings. The smallest absolute Gasteiger partial charge is 0.249 e. The maximum atomic E-state index is 12.8. The molecule has 2 spiro atoms. The normalized spacial score (nSPS) is 34.3. The summed E-state index contributed by atoms with van der Waals surface area (Å²) in [7, 11) is 0. The van der Waals surface area contributed by atoms with Gasteiger partial charge in [-0.25, -0.2) is 8.78 Å². The molecule has 3 heteroatoms. The van der Waals surface area contributed by atoms with Gasteiger partial charge in [0.2, 0.25) is 5.92 Å². The number of ketones is 1. The van der Waals surface area contributed by atoms with Crippen LogP contribution in [0.3, 0.4) is 0 Å². The summed E-state index contributed by atoms with van der Waals surface area (Å²) in [6, 6.07) is 0. The molecule has 0 aliphatic heterocycles. The summed E-state index contributed by atoms with van der Waals surface area (Å²) >= 11 is 0. The Morgan fingerprint density at radius 3 is 2.00 bits per heavy atom. The van der Waals surface area contributed by atoms with Gasteiger partial charge in [0.1, 0.15) is 5.78 Å². The lowest BCUT2D eigenvalue weighted by molar-refractivity contribution is -0.253. The predicted molar refractivity (Wildman–Crippen MR) is 51.7 cm³/mol. The number of carbonyl (C=O) groups excluding carboxylic acids is 1. The van der Waals surface area contributed by atoms with E-state index in [-0.39, 0.29) is 30.0 Å². The maximum absolute atomic E-state index is 12.8. The molecule has 84 valence electrons. The van der Waals surface area contributed by atoms with E-state index < -0.39 is 5.92 Å². The van der Waals surface area contributed by atoms with Crippen LogP contribution in [0.4, 0.5) is 8.78 Å². The molecule has 0 N–H and O–H groups in total. The number of carbonyl (C=O) groups is 1. The van der Waals surface area contributed by atoms with E-state index in [4.69, 9.17) is 0 Å². The monoisotopic (exact) mass is 214 g/mol. The Labute approximate surface area is 88.2 Å². The third-order valence-corrected chi connectivity index (χ3v) is 4.70.